The van der Waals surface area contributed by atoms with Crippen LogP contribution in [0.5, 0.6) is 0 Å². The van der Waals surface area contributed by atoms with Crippen LogP contribution in [0.2, 0.25) is 0 Å². The van der Waals surface area contributed by atoms with Gasteiger partial charge >= 0.3 is 17.9 Å². The topological polar surface area (TPSA) is 153 Å². The van der Waals surface area contributed by atoms with Crippen LogP contribution in [-0.2, 0) is 24.0 Å². The monoisotopic (exact) mass is 288 g/mol. The molecule has 3 N–H and O–H groups in total. The number of carboxylic acids is 3. The van der Waals surface area contributed by atoms with E-state index in [-0.39, 0.29) is 12.8 Å². The van der Waals surface area contributed by atoms with Gasteiger partial charge in [-0.05, 0) is 0 Å². The lowest BCUT2D eigenvalue weighted by Gasteiger charge is -2.31. The minimum absolute atomic E-state index is 0.184. The second-order valence-corrected chi connectivity index (χ2v) is 4.06. The van der Waals surface area contributed by atoms with Crippen molar-refractivity contribution in [2.24, 2.45) is 0 Å². The van der Waals surface area contributed by atoms with E-state index in [0.717, 1.165) is 0 Å². The third-order valence-corrected chi connectivity index (χ3v) is 2.58. The van der Waals surface area contributed by atoms with Gasteiger partial charge in [0.1, 0.15) is 0 Å². The minimum atomic E-state index is -1.94. The summed E-state index contributed by atoms with van der Waals surface area (Å²) in [5, 5.41) is 26.5. The first-order chi connectivity index (χ1) is 9.23. The van der Waals surface area contributed by atoms with E-state index in [1.165, 1.54) is 0 Å². The highest BCUT2D eigenvalue weighted by atomic mass is 16.4. The number of carbonyl (C=O) groups excluding carboxylic acids is 2. The maximum Gasteiger partial charge on any atom is 0.342 e. The molecule has 20 heavy (non-hydrogen) atoms. The standard InChI is InChI=1S/C10H12N2O8/c13-5-1-2-6(14)12(5)9(10(19)20)11(3-7(15)16)4-8(17)18/h9H,1-4H2,(H,15,16)(H,17,18)(H,19,20). The first kappa shape index (κ1) is 15.6. The molecule has 0 saturated carbocycles. The molecule has 1 aliphatic heterocycles. The van der Waals surface area contributed by atoms with Crippen LogP contribution in [0.1, 0.15) is 12.8 Å². The number of imide groups is 1. The average molecular weight is 288 g/mol. The van der Waals surface area contributed by atoms with E-state index < -0.39 is 49.0 Å². The van der Waals surface area contributed by atoms with Gasteiger partial charge in [0.25, 0.3) is 0 Å². The molecule has 1 unspecified atom stereocenters. The fraction of sp³-hybridized carbons (Fsp3) is 0.500. The van der Waals surface area contributed by atoms with Crippen LogP contribution in [0.25, 0.3) is 0 Å². The molecule has 1 saturated heterocycles. The zero-order valence-corrected chi connectivity index (χ0v) is 10.2. The molecule has 1 fully saturated rings. The van der Waals surface area contributed by atoms with Gasteiger partial charge in [-0.1, -0.05) is 0 Å². The molecule has 0 spiro atoms. The summed E-state index contributed by atoms with van der Waals surface area (Å²) >= 11 is 0. The van der Waals surface area contributed by atoms with Crippen molar-refractivity contribution in [3.05, 3.63) is 0 Å². The average Bonchev–Trinajstić information content (AvgIpc) is 2.59. The fourth-order valence-corrected chi connectivity index (χ4v) is 1.87. The first-order valence-corrected chi connectivity index (χ1v) is 5.49. The molecule has 10 nitrogen and oxygen atoms in total. The fourth-order valence-electron chi connectivity index (χ4n) is 1.87. The molecule has 0 aromatic rings. The third-order valence-electron chi connectivity index (χ3n) is 2.58. The van der Waals surface area contributed by atoms with E-state index >= 15 is 0 Å². The molecule has 0 aromatic heterocycles. The van der Waals surface area contributed by atoms with Crippen LogP contribution in [0.4, 0.5) is 0 Å². The van der Waals surface area contributed by atoms with Gasteiger partial charge in [0.15, 0.2) is 6.17 Å². The van der Waals surface area contributed by atoms with Crippen molar-refractivity contribution in [3.8, 4) is 0 Å². The number of nitrogens with zero attached hydrogens (tertiary/aromatic N) is 2. The highest BCUT2D eigenvalue weighted by molar-refractivity contribution is 6.04. The molecule has 0 bridgehead atoms. The summed E-state index contributed by atoms with van der Waals surface area (Å²) in [6.07, 6.45) is -2.31. The van der Waals surface area contributed by atoms with Crippen LogP contribution in [0, 0.1) is 0 Å². The molecule has 1 rings (SSSR count). The van der Waals surface area contributed by atoms with Crippen molar-refractivity contribution < 1.29 is 39.3 Å². The van der Waals surface area contributed by atoms with E-state index in [1.807, 2.05) is 0 Å². The van der Waals surface area contributed by atoms with Gasteiger partial charge in [0.05, 0.1) is 13.1 Å². The maximum absolute atomic E-state index is 11.5. The number of rotatable bonds is 7. The molecule has 0 aromatic carbocycles. The Morgan fingerprint density at radius 1 is 1.00 bits per heavy atom. The van der Waals surface area contributed by atoms with Crippen molar-refractivity contribution in [1.82, 2.24) is 9.80 Å². The van der Waals surface area contributed by atoms with Gasteiger partial charge in [-0.25, -0.2) is 4.79 Å². The summed E-state index contributed by atoms with van der Waals surface area (Å²) in [6.45, 7) is -1.86. The largest absolute Gasteiger partial charge is 0.480 e. The Morgan fingerprint density at radius 3 is 1.70 bits per heavy atom. The van der Waals surface area contributed by atoms with E-state index in [2.05, 4.69) is 0 Å². The normalized spacial score (nSPS) is 16.6. The molecule has 1 heterocycles. The van der Waals surface area contributed by atoms with Crippen molar-refractivity contribution in [2.45, 2.75) is 19.0 Å². The van der Waals surface area contributed by atoms with E-state index in [4.69, 9.17) is 15.3 Å². The summed E-state index contributed by atoms with van der Waals surface area (Å²) in [5.41, 5.74) is 0. The lowest BCUT2D eigenvalue weighted by molar-refractivity contribution is -0.166. The molecule has 1 atom stereocenters. The molecule has 1 aliphatic rings. The number of carboxylic acid groups (broad SMARTS) is 3. The van der Waals surface area contributed by atoms with Crippen LogP contribution in [0.15, 0.2) is 0 Å². The second kappa shape index (κ2) is 6.10. The Bertz CT molecular complexity index is 442. The second-order valence-electron chi connectivity index (χ2n) is 4.06. The molecule has 2 amide bonds. The van der Waals surface area contributed by atoms with Gasteiger partial charge < -0.3 is 15.3 Å². The Kier molecular flexibility index (Phi) is 4.75. The van der Waals surface area contributed by atoms with Gasteiger partial charge in [-0.15, -0.1) is 0 Å². The Balaban J connectivity index is 3.09. The third kappa shape index (κ3) is 3.51. The molecular formula is C10H12N2O8. The number of aliphatic carboxylic acids is 3. The van der Waals surface area contributed by atoms with Gasteiger partial charge in [-0.2, -0.15) is 0 Å². The zero-order chi connectivity index (χ0) is 15.4. The van der Waals surface area contributed by atoms with E-state index in [1.54, 1.807) is 0 Å². The lowest BCUT2D eigenvalue weighted by atomic mass is 10.3. The van der Waals surface area contributed by atoms with E-state index in [9.17, 15) is 24.0 Å². The number of amides is 2. The summed E-state index contributed by atoms with van der Waals surface area (Å²) in [5.74, 6) is -6.17. The Hall–Kier alpha value is -2.49. The van der Waals surface area contributed by atoms with E-state index in [0.29, 0.717) is 9.80 Å². The van der Waals surface area contributed by atoms with Crippen molar-refractivity contribution >= 4 is 29.7 Å². The van der Waals surface area contributed by atoms with Gasteiger partial charge in [0, 0.05) is 12.8 Å². The molecule has 0 radical (unpaired) electrons. The smallest absolute Gasteiger partial charge is 0.342 e. The predicted molar refractivity (Wildman–Crippen MR) is 59.4 cm³/mol. The molecule has 110 valence electrons. The lowest BCUT2D eigenvalue weighted by Crippen LogP contribution is -2.57. The first-order valence-electron chi connectivity index (χ1n) is 5.49. The van der Waals surface area contributed by atoms with Crippen LogP contribution in [0.3, 0.4) is 0 Å². The number of likely N-dealkylation sites (tertiary alicyclic amines) is 1. The van der Waals surface area contributed by atoms with Crippen molar-refractivity contribution in [1.29, 1.82) is 0 Å². The molecule has 0 aliphatic carbocycles. The van der Waals surface area contributed by atoms with Crippen molar-refractivity contribution in [2.75, 3.05) is 13.1 Å². The maximum atomic E-state index is 11.5. The predicted octanol–water partition coefficient (Wildman–Crippen LogP) is -1.98. The van der Waals surface area contributed by atoms with Gasteiger partial charge in [0.2, 0.25) is 11.8 Å². The van der Waals surface area contributed by atoms with Crippen LogP contribution >= 0.6 is 0 Å². The summed E-state index contributed by atoms with van der Waals surface area (Å²) < 4.78 is 0. The Morgan fingerprint density at radius 2 is 1.40 bits per heavy atom. The number of hydrogen-bond donors (Lipinski definition) is 3. The minimum Gasteiger partial charge on any atom is -0.480 e. The highest BCUT2D eigenvalue weighted by Crippen LogP contribution is 2.18. The SMILES string of the molecule is O=C(O)CN(CC(=O)O)C(C(=O)O)N1C(=O)CCC1=O. The number of hydrogen-bond acceptors (Lipinski definition) is 6. The highest BCUT2D eigenvalue weighted by Gasteiger charge is 2.43. The zero-order valence-electron chi connectivity index (χ0n) is 10.2. The summed E-state index contributed by atoms with van der Waals surface area (Å²) in [7, 11) is 0. The Labute approximate surface area is 112 Å². The van der Waals surface area contributed by atoms with Crippen LogP contribution in [-0.4, -0.2) is 74.1 Å². The summed E-state index contributed by atoms with van der Waals surface area (Å²) in [4.78, 5) is 56.5. The quantitative estimate of drug-likeness (QED) is 0.452. The van der Waals surface area contributed by atoms with Crippen molar-refractivity contribution in [3.63, 3.8) is 0 Å². The molecule has 10 heteroatoms. The summed E-state index contributed by atoms with van der Waals surface area (Å²) in [6, 6.07) is 0. The van der Waals surface area contributed by atoms with Crippen LogP contribution < -0.4 is 0 Å². The molecular weight excluding hydrogens is 276 g/mol. The van der Waals surface area contributed by atoms with Gasteiger partial charge in [-0.3, -0.25) is 29.0 Å². The number of carbonyl (C=O) groups is 5.